The van der Waals surface area contributed by atoms with Crippen molar-refractivity contribution in [3.05, 3.63) is 47.4 Å². The Morgan fingerprint density at radius 3 is 3.04 bits per heavy atom. The first-order valence-corrected chi connectivity index (χ1v) is 8.60. The van der Waals surface area contributed by atoms with E-state index in [1.165, 1.54) is 18.5 Å². The fourth-order valence-electron chi connectivity index (χ4n) is 2.86. The molecule has 4 rings (SSSR count). The fourth-order valence-corrected chi connectivity index (χ4v) is 3.02. The number of hydrogen-bond acceptors (Lipinski definition) is 5. The van der Waals surface area contributed by atoms with E-state index in [1.807, 2.05) is 6.20 Å². The smallest absolute Gasteiger partial charge is 0.239 e. The number of nitrogens with zero attached hydrogens (tertiary/aromatic N) is 3. The molecule has 1 amide bonds. The standard InChI is InChI=1S/C17H15ClFN7O/c18-17-25-15(14-16(26-17)24-8-23-14)22-7-13(27)20-4-3-9-6-21-12-2-1-10(19)5-11(9)12/h1-2,5-6,8,21H,3-4,7H2,(H,20,27)(H2,22,23,24,25,26). The summed E-state index contributed by atoms with van der Waals surface area (Å²) >= 11 is 5.85. The average Bonchev–Trinajstić information content (AvgIpc) is 3.26. The Labute approximate surface area is 157 Å². The Balaban J connectivity index is 1.33. The molecule has 0 atom stereocenters. The van der Waals surface area contributed by atoms with E-state index in [0.29, 0.717) is 29.9 Å². The van der Waals surface area contributed by atoms with Crippen molar-refractivity contribution in [2.45, 2.75) is 6.42 Å². The Hall–Kier alpha value is -3.20. The van der Waals surface area contributed by atoms with Crippen molar-refractivity contribution in [1.29, 1.82) is 0 Å². The predicted molar refractivity (Wildman–Crippen MR) is 100 cm³/mol. The molecule has 1 aromatic carbocycles. The second kappa shape index (κ2) is 7.20. The van der Waals surface area contributed by atoms with E-state index in [0.717, 1.165) is 16.5 Å². The van der Waals surface area contributed by atoms with E-state index in [2.05, 4.69) is 35.6 Å². The summed E-state index contributed by atoms with van der Waals surface area (Å²) in [7, 11) is 0. The van der Waals surface area contributed by atoms with Crippen molar-refractivity contribution >= 4 is 45.4 Å². The highest BCUT2D eigenvalue weighted by molar-refractivity contribution is 6.28. The number of carbonyl (C=O) groups is 1. The molecule has 3 aromatic heterocycles. The number of amides is 1. The van der Waals surface area contributed by atoms with Gasteiger partial charge in [0.25, 0.3) is 0 Å². The average molecular weight is 388 g/mol. The molecule has 27 heavy (non-hydrogen) atoms. The van der Waals surface area contributed by atoms with Gasteiger partial charge < -0.3 is 20.6 Å². The number of rotatable bonds is 6. The number of hydrogen-bond donors (Lipinski definition) is 4. The highest BCUT2D eigenvalue weighted by Gasteiger charge is 2.10. The lowest BCUT2D eigenvalue weighted by Gasteiger charge is -2.08. The second-order valence-corrected chi connectivity index (χ2v) is 6.24. The maximum Gasteiger partial charge on any atom is 0.239 e. The zero-order valence-electron chi connectivity index (χ0n) is 14.0. The van der Waals surface area contributed by atoms with Crippen molar-refractivity contribution in [2.75, 3.05) is 18.4 Å². The van der Waals surface area contributed by atoms with Crippen LogP contribution in [0.15, 0.2) is 30.7 Å². The zero-order chi connectivity index (χ0) is 18.8. The van der Waals surface area contributed by atoms with Crippen LogP contribution in [0.2, 0.25) is 5.28 Å². The molecular weight excluding hydrogens is 373 g/mol. The molecule has 3 heterocycles. The molecule has 0 fully saturated rings. The van der Waals surface area contributed by atoms with Gasteiger partial charge in [-0.25, -0.2) is 9.37 Å². The summed E-state index contributed by atoms with van der Waals surface area (Å²) in [6, 6.07) is 4.59. The van der Waals surface area contributed by atoms with Crippen molar-refractivity contribution in [3.8, 4) is 0 Å². The number of benzene rings is 1. The molecule has 0 aliphatic carbocycles. The van der Waals surface area contributed by atoms with Crippen molar-refractivity contribution < 1.29 is 9.18 Å². The maximum absolute atomic E-state index is 13.4. The molecule has 4 aromatic rings. The highest BCUT2D eigenvalue weighted by atomic mass is 35.5. The normalized spacial score (nSPS) is 11.2. The molecule has 0 aliphatic heterocycles. The monoisotopic (exact) mass is 387 g/mol. The Morgan fingerprint density at radius 1 is 1.26 bits per heavy atom. The summed E-state index contributed by atoms with van der Waals surface area (Å²) in [5.41, 5.74) is 2.81. The Kier molecular flexibility index (Phi) is 4.59. The molecule has 4 N–H and O–H groups in total. The van der Waals surface area contributed by atoms with E-state index in [4.69, 9.17) is 11.6 Å². The molecule has 10 heteroatoms. The lowest BCUT2D eigenvalue weighted by molar-refractivity contribution is -0.119. The molecule has 0 saturated carbocycles. The van der Waals surface area contributed by atoms with Gasteiger partial charge in [0.15, 0.2) is 11.5 Å². The molecule has 0 saturated heterocycles. The highest BCUT2D eigenvalue weighted by Crippen LogP contribution is 2.20. The predicted octanol–water partition coefficient (Wildman–Crippen LogP) is 2.40. The largest absolute Gasteiger partial charge is 0.361 e. The van der Waals surface area contributed by atoms with E-state index in [9.17, 15) is 9.18 Å². The van der Waals surface area contributed by atoms with Crippen LogP contribution in [0.5, 0.6) is 0 Å². The van der Waals surface area contributed by atoms with Crippen molar-refractivity contribution in [1.82, 2.24) is 30.2 Å². The number of anilines is 1. The van der Waals surface area contributed by atoms with Crippen LogP contribution in [-0.2, 0) is 11.2 Å². The molecule has 8 nitrogen and oxygen atoms in total. The van der Waals surface area contributed by atoms with Gasteiger partial charge in [0, 0.05) is 23.6 Å². The minimum absolute atomic E-state index is 0.0178. The summed E-state index contributed by atoms with van der Waals surface area (Å²) in [4.78, 5) is 30.1. The summed E-state index contributed by atoms with van der Waals surface area (Å²) in [6.07, 6.45) is 3.89. The maximum atomic E-state index is 13.4. The van der Waals surface area contributed by atoms with Crippen molar-refractivity contribution in [2.24, 2.45) is 0 Å². The van der Waals surface area contributed by atoms with Crippen LogP contribution in [0.4, 0.5) is 10.2 Å². The van der Waals surface area contributed by atoms with Crippen LogP contribution in [0.3, 0.4) is 0 Å². The number of carbonyl (C=O) groups excluding carboxylic acids is 1. The number of halogens is 2. The summed E-state index contributed by atoms with van der Waals surface area (Å²) in [5, 5.41) is 6.60. The number of nitrogens with one attached hydrogen (secondary N) is 4. The van der Waals surface area contributed by atoms with E-state index in [1.54, 1.807) is 6.07 Å². The molecular formula is C17H15ClFN7O. The first kappa shape index (κ1) is 17.2. The zero-order valence-corrected chi connectivity index (χ0v) is 14.8. The minimum Gasteiger partial charge on any atom is -0.361 e. The lowest BCUT2D eigenvalue weighted by atomic mass is 10.1. The topological polar surface area (TPSA) is 111 Å². The lowest BCUT2D eigenvalue weighted by Crippen LogP contribution is -2.31. The summed E-state index contributed by atoms with van der Waals surface area (Å²) in [6.45, 7) is 0.442. The van der Waals surface area contributed by atoms with Crippen LogP contribution < -0.4 is 10.6 Å². The molecule has 0 radical (unpaired) electrons. The number of aromatic amines is 2. The number of aromatic nitrogens is 5. The minimum atomic E-state index is -0.287. The van der Waals surface area contributed by atoms with Gasteiger partial charge in [0.05, 0.1) is 12.9 Å². The van der Waals surface area contributed by atoms with Crippen LogP contribution in [0.1, 0.15) is 5.56 Å². The third kappa shape index (κ3) is 3.68. The molecule has 0 spiro atoms. The third-order valence-electron chi connectivity index (χ3n) is 4.12. The van der Waals surface area contributed by atoms with Gasteiger partial charge in [-0.1, -0.05) is 0 Å². The van der Waals surface area contributed by atoms with Gasteiger partial charge in [-0.05, 0) is 41.8 Å². The first-order chi connectivity index (χ1) is 13.1. The summed E-state index contributed by atoms with van der Waals surface area (Å²) in [5.74, 6) is -0.0848. The van der Waals surface area contributed by atoms with Gasteiger partial charge in [0.2, 0.25) is 11.2 Å². The first-order valence-electron chi connectivity index (χ1n) is 8.23. The number of fused-ring (bicyclic) bond motifs is 2. The molecule has 0 bridgehead atoms. The van der Waals surface area contributed by atoms with E-state index >= 15 is 0 Å². The third-order valence-corrected chi connectivity index (χ3v) is 4.29. The van der Waals surface area contributed by atoms with Crippen molar-refractivity contribution in [3.63, 3.8) is 0 Å². The molecule has 0 unspecified atom stereocenters. The quantitative estimate of drug-likeness (QED) is 0.380. The molecule has 0 aliphatic rings. The fraction of sp³-hybridized carbons (Fsp3) is 0.176. The second-order valence-electron chi connectivity index (χ2n) is 5.90. The van der Waals surface area contributed by atoms with Gasteiger partial charge >= 0.3 is 0 Å². The van der Waals surface area contributed by atoms with E-state index in [-0.39, 0.29) is 23.6 Å². The van der Waals surface area contributed by atoms with Crippen LogP contribution in [-0.4, -0.2) is 43.9 Å². The molecule has 138 valence electrons. The SMILES string of the molecule is O=C(CNc1nc(Cl)nc2nc[nH]c12)NCCc1c[nH]c2ccc(F)cc12. The Morgan fingerprint density at radius 2 is 2.15 bits per heavy atom. The van der Waals surface area contributed by atoms with Gasteiger partial charge in [-0.2, -0.15) is 9.97 Å². The Bertz CT molecular complexity index is 1120. The van der Waals surface area contributed by atoms with E-state index < -0.39 is 0 Å². The summed E-state index contributed by atoms with van der Waals surface area (Å²) < 4.78 is 13.4. The van der Waals surface area contributed by atoms with Gasteiger partial charge in [-0.15, -0.1) is 0 Å². The number of imidazole rings is 1. The number of H-pyrrole nitrogens is 2. The van der Waals surface area contributed by atoms with Crippen LogP contribution in [0, 0.1) is 5.82 Å². The van der Waals surface area contributed by atoms with Crippen LogP contribution in [0.25, 0.3) is 22.1 Å². The van der Waals surface area contributed by atoms with Crippen LogP contribution >= 0.6 is 11.6 Å². The van der Waals surface area contributed by atoms with Gasteiger partial charge in [0.1, 0.15) is 11.3 Å². The van der Waals surface area contributed by atoms with Gasteiger partial charge in [-0.3, -0.25) is 4.79 Å².